The second-order valence-corrected chi connectivity index (χ2v) is 6.39. The van der Waals surface area contributed by atoms with Gasteiger partial charge in [-0.3, -0.25) is 0 Å². The van der Waals surface area contributed by atoms with Gasteiger partial charge in [-0.25, -0.2) is 0 Å². The van der Waals surface area contributed by atoms with Crippen molar-refractivity contribution in [2.45, 2.75) is 31.7 Å². The van der Waals surface area contributed by atoms with Crippen molar-refractivity contribution in [1.29, 1.82) is 0 Å². The maximum absolute atomic E-state index is 6.20. The number of hydrogen-bond acceptors (Lipinski definition) is 4. The van der Waals surface area contributed by atoms with Gasteiger partial charge in [-0.1, -0.05) is 0 Å². The van der Waals surface area contributed by atoms with Crippen LogP contribution >= 0.6 is 0 Å². The highest BCUT2D eigenvalue weighted by Crippen LogP contribution is 2.40. The van der Waals surface area contributed by atoms with Crippen molar-refractivity contribution >= 4 is 0 Å². The number of nitrogens with two attached hydrogens (primary N) is 1. The lowest BCUT2D eigenvalue weighted by Crippen LogP contribution is -2.45. The molecule has 3 rings (SSSR count). The average molecular weight is 254 g/mol. The van der Waals surface area contributed by atoms with Crippen LogP contribution in [0.4, 0.5) is 0 Å². The lowest BCUT2D eigenvalue weighted by Gasteiger charge is -2.35. The van der Waals surface area contributed by atoms with Crippen molar-refractivity contribution in [3.05, 3.63) is 0 Å². The summed E-state index contributed by atoms with van der Waals surface area (Å²) in [6.07, 6.45) is 4.87. The van der Waals surface area contributed by atoms with Crippen molar-refractivity contribution in [1.82, 2.24) is 4.90 Å². The summed E-state index contributed by atoms with van der Waals surface area (Å²) in [4.78, 5) is 2.62. The van der Waals surface area contributed by atoms with E-state index in [1.54, 1.807) is 0 Å². The Morgan fingerprint density at radius 3 is 2.72 bits per heavy atom. The molecule has 3 aliphatic heterocycles. The van der Waals surface area contributed by atoms with Crippen LogP contribution < -0.4 is 5.73 Å². The van der Waals surface area contributed by atoms with Crippen molar-refractivity contribution in [2.75, 3.05) is 46.1 Å². The van der Waals surface area contributed by atoms with E-state index in [2.05, 4.69) is 4.90 Å². The Hall–Kier alpha value is -0.160. The second-order valence-electron chi connectivity index (χ2n) is 6.39. The molecule has 0 aromatic carbocycles. The number of hydrogen-bond donors (Lipinski definition) is 1. The highest BCUT2D eigenvalue weighted by molar-refractivity contribution is 4.92. The van der Waals surface area contributed by atoms with Crippen LogP contribution in [0, 0.1) is 11.3 Å². The van der Waals surface area contributed by atoms with Gasteiger partial charge in [-0.05, 0) is 37.6 Å². The van der Waals surface area contributed by atoms with E-state index >= 15 is 0 Å². The molecule has 3 aliphatic rings. The molecule has 0 amide bonds. The molecule has 4 nitrogen and oxygen atoms in total. The van der Waals surface area contributed by atoms with Crippen molar-refractivity contribution in [3.63, 3.8) is 0 Å². The van der Waals surface area contributed by atoms with Gasteiger partial charge < -0.3 is 20.1 Å². The number of nitrogens with zero attached hydrogens (tertiary/aromatic N) is 1. The minimum Gasteiger partial charge on any atom is -0.381 e. The first-order chi connectivity index (χ1) is 8.77. The maximum atomic E-state index is 6.20. The third-order valence-corrected chi connectivity index (χ3v) is 5.10. The molecule has 3 heterocycles. The topological polar surface area (TPSA) is 47.7 Å². The molecule has 4 heteroatoms. The zero-order valence-corrected chi connectivity index (χ0v) is 11.3. The second kappa shape index (κ2) is 5.45. The normalized spacial score (nSPS) is 37.2. The summed E-state index contributed by atoms with van der Waals surface area (Å²) < 4.78 is 11.1. The first-order valence-electron chi connectivity index (χ1n) is 7.41. The Kier molecular flexibility index (Phi) is 3.89. The fraction of sp³-hybridized carbons (Fsp3) is 1.00. The van der Waals surface area contributed by atoms with Crippen LogP contribution in [0.2, 0.25) is 0 Å². The summed E-state index contributed by atoms with van der Waals surface area (Å²) in [6, 6.07) is 0.338. The van der Waals surface area contributed by atoms with Crippen LogP contribution in [-0.4, -0.2) is 57.0 Å². The van der Waals surface area contributed by atoms with Crippen LogP contribution in [0.5, 0.6) is 0 Å². The summed E-state index contributed by atoms with van der Waals surface area (Å²) in [5.74, 6) is 0.536. The van der Waals surface area contributed by atoms with Crippen LogP contribution in [-0.2, 0) is 9.47 Å². The quantitative estimate of drug-likeness (QED) is 0.794. The van der Waals surface area contributed by atoms with Gasteiger partial charge in [0.25, 0.3) is 0 Å². The molecule has 2 N–H and O–H groups in total. The minimum atomic E-state index is 0.338. The molecule has 3 fully saturated rings. The molecular weight excluding hydrogens is 228 g/mol. The van der Waals surface area contributed by atoms with Gasteiger partial charge in [0.1, 0.15) is 0 Å². The molecule has 2 atom stereocenters. The van der Waals surface area contributed by atoms with Crippen molar-refractivity contribution in [2.24, 2.45) is 17.1 Å². The Morgan fingerprint density at radius 2 is 1.94 bits per heavy atom. The molecule has 0 aromatic rings. The summed E-state index contributed by atoms with van der Waals surface area (Å²) in [7, 11) is 0. The highest BCUT2D eigenvalue weighted by atomic mass is 16.5. The standard InChI is InChI=1S/C14H26N2O2/c15-13-1-6-18-10-12(13)9-16-5-2-14(11-16)3-7-17-8-4-14/h12-13H,1-11,15H2. The molecule has 0 aliphatic carbocycles. The van der Waals surface area contributed by atoms with Crippen LogP contribution in [0.15, 0.2) is 0 Å². The van der Waals surface area contributed by atoms with E-state index in [1.165, 1.54) is 32.4 Å². The Labute approximate surface area is 110 Å². The molecule has 18 heavy (non-hydrogen) atoms. The van der Waals surface area contributed by atoms with Gasteiger partial charge >= 0.3 is 0 Å². The third kappa shape index (κ3) is 2.72. The van der Waals surface area contributed by atoms with Crippen LogP contribution in [0.1, 0.15) is 25.7 Å². The van der Waals surface area contributed by atoms with Gasteiger partial charge in [0.2, 0.25) is 0 Å². The zero-order chi connectivity index (χ0) is 12.4. The Balaban J connectivity index is 1.52. The third-order valence-electron chi connectivity index (χ3n) is 5.10. The first kappa shape index (κ1) is 12.9. The molecule has 0 saturated carbocycles. The monoisotopic (exact) mass is 254 g/mol. The molecule has 2 unspecified atom stereocenters. The summed E-state index contributed by atoms with van der Waals surface area (Å²) in [5, 5.41) is 0. The van der Waals surface area contributed by atoms with Crippen molar-refractivity contribution in [3.8, 4) is 0 Å². The summed E-state index contributed by atoms with van der Waals surface area (Å²) >= 11 is 0. The van der Waals surface area contributed by atoms with Gasteiger partial charge in [0, 0.05) is 44.9 Å². The van der Waals surface area contributed by atoms with E-state index in [4.69, 9.17) is 15.2 Å². The summed E-state index contributed by atoms with van der Waals surface area (Å²) in [6.45, 7) is 7.24. The fourth-order valence-electron chi connectivity index (χ4n) is 3.73. The SMILES string of the molecule is NC1CCOCC1CN1CCC2(CCOCC2)C1. The fourth-order valence-corrected chi connectivity index (χ4v) is 3.73. The van der Waals surface area contributed by atoms with Crippen molar-refractivity contribution < 1.29 is 9.47 Å². The number of rotatable bonds is 2. The predicted octanol–water partition coefficient (Wildman–Crippen LogP) is 0.853. The number of ether oxygens (including phenoxy) is 2. The van der Waals surface area contributed by atoms with E-state index in [-0.39, 0.29) is 0 Å². The van der Waals surface area contributed by atoms with Crippen LogP contribution in [0.25, 0.3) is 0 Å². The van der Waals surface area contributed by atoms with Gasteiger partial charge in [0.05, 0.1) is 6.61 Å². The Bertz CT molecular complexity index is 279. The predicted molar refractivity (Wildman–Crippen MR) is 70.4 cm³/mol. The van der Waals surface area contributed by atoms with Gasteiger partial charge in [-0.15, -0.1) is 0 Å². The average Bonchev–Trinajstić information content (AvgIpc) is 2.76. The Morgan fingerprint density at radius 1 is 1.11 bits per heavy atom. The van der Waals surface area contributed by atoms with E-state index in [1.807, 2.05) is 0 Å². The minimum absolute atomic E-state index is 0.338. The van der Waals surface area contributed by atoms with E-state index in [0.29, 0.717) is 17.4 Å². The van der Waals surface area contributed by atoms with Gasteiger partial charge in [0.15, 0.2) is 0 Å². The number of likely N-dealkylation sites (tertiary alicyclic amines) is 1. The molecule has 1 spiro atoms. The van der Waals surface area contributed by atoms with E-state index < -0.39 is 0 Å². The smallest absolute Gasteiger partial charge is 0.0521 e. The van der Waals surface area contributed by atoms with E-state index in [9.17, 15) is 0 Å². The molecule has 104 valence electrons. The van der Waals surface area contributed by atoms with Crippen LogP contribution in [0.3, 0.4) is 0 Å². The molecular formula is C14H26N2O2. The first-order valence-corrected chi connectivity index (χ1v) is 7.41. The lowest BCUT2D eigenvalue weighted by atomic mass is 9.80. The highest BCUT2D eigenvalue weighted by Gasteiger charge is 2.40. The van der Waals surface area contributed by atoms with Gasteiger partial charge in [-0.2, -0.15) is 0 Å². The zero-order valence-electron chi connectivity index (χ0n) is 11.3. The molecule has 3 saturated heterocycles. The van der Waals surface area contributed by atoms with E-state index in [0.717, 1.165) is 39.4 Å². The molecule has 0 bridgehead atoms. The largest absolute Gasteiger partial charge is 0.381 e. The molecule has 0 aromatic heterocycles. The lowest BCUT2D eigenvalue weighted by molar-refractivity contribution is 0.0101. The summed E-state index contributed by atoms with van der Waals surface area (Å²) in [5.41, 5.74) is 6.75. The maximum Gasteiger partial charge on any atom is 0.0521 e. The molecule has 0 radical (unpaired) electrons.